The first-order valence-corrected chi connectivity index (χ1v) is 8.95. The smallest absolute Gasteiger partial charge is 0.240 e. The zero-order valence-electron chi connectivity index (χ0n) is 13.7. The number of nitrogens with one attached hydrogen (secondary N) is 2. The predicted molar refractivity (Wildman–Crippen MR) is 103 cm³/mol. The fourth-order valence-corrected chi connectivity index (χ4v) is 3.25. The van der Waals surface area contributed by atoms with Crippen molar-refractivity contribution in [3.63, 3.8) is 0 Å². The number of carbonyl (C=O) groups is 2. The zero-order valence-corrected chi connectivity index (χ0v) is 15.3. The molecule has 2 heterocycles. The summed E-state index contributed by atoms with van der Waals surface area (Å²) < 4.78 is 5.09. The third kappa shape index (κ3) is 4.74. The maximum Gasteiger partial charge on any atom is 0.240 e. The molecule has 1 saturated heterocycles. The highest BCUT2D eigenvalue weighted by Crippen LogP contribution is 2.24. The van der Waals surface area contributed by atoms with E-state index in [0.29, 0.717) is 21.6 Å². The molecule has 26 heavy (non-hydrogen) atoms. The van der Waals surface area contributed by atoms with E-state index in [-0.39, 0.29) is 18.2 Å². The molecule has 0 aliphatic carbocycles. The van der Waals surface area contributed by atoms with Crippen molar-refractivity contribution >= 4 is 52.2 Å². The third-order valence-electron chi connectivity index (χ3n) is 3.48. The van der Waals surface area contributed by atoms with Crippen molar-refractivity contribution in [2.45, 2.75) is 18.6 Å². The van der Waals surface area contributed by atoms with Crippen LogP contribution in [0.25, 0.3) is 0 Å². The van der Waals surface area contributed by atoms with Gasteiger partial charge in [0.05, 0.1) is 12.5 Å². The lowest BCUT2D eigenvalue weighted by molar-refractivity contribution is -0.122. The van der Waals surface area contributed by atoms with Gasteiger partial charge in [-0.05, 0) is 36.8 Å². The minimum atomic E-state index is -0.562. The van der Waals surface area contributed by atoms with E-state index in [1.165, 1.54) is 12.5 Å². The van der Waals surface area contributed by atoms with Crippen molar-refractivity contribution < 1.29 is 14.0 Å². The van der Waals surface area contributed by atoms with Crippen LogP contribution in [0.4, 0.5) is 5.69 Å². The second-order valence-corrected chi connectivity index (χ2v) is 7.08. The Hall–Kier alpha value is -2.58. The first-order valence-electron chi connectivity index (χ1n) is 7.69. The molecule has 7 nitrogen and oxygen atoms in total. The summed E-state index contributed by atoms with van der Waals surface area (Å²) in [5.41, 5.74) is 1.51. The van der Waals surface area contributed by atoms with Gasteiger partial charge in [-0.25, -0.2) is 0 Å². The summed E-state index contributed by atoms with van der Waals surface area (Å²) in [5, 5.41) is 13.5. The van der Waals surface area contributed by atoms with Crippen molar-refractivity contribution in [3.05, 3.63) is 52.9 Å². The molecule has 2 N–H and O–H groups in total. The number of benzene rings is 1. The number of nitrogens with zero attached hydrogens (tertiary/aromatic N) is 2. The van der Waals surface area contributed by atoms with Gasteiger partial charge in [0, 0.05) is 17.1 Å². The molecule has 134 valence electrons. The van der Waals surface area contributed by atoms with E-state index in [1.54, 1.807) is 24.3 Å². The summed E-state index contributed by atoms with van der Waals surface area (Å²) in [6.45, 7) is 1.88. The third-order valence-corrected chi connectivity index (χ3v) is 4.96. The van der Waals surface area contributed by atoms with Crippen LogP contribution >= 0.6 is 23.4 Å². The lowest BCUT2D eigenvalue weighted by atomic mass is 10.2. The largest absolute Gasteiger partial charge is 0.463 e. The summed E-state index contributed by atoms with van der Waals surface area (Å²) in [6, 6.07) is 8.71. The predicted octanol–water partition coefficient (Wildman–Crippen LogP) is 3.19. The molecule has 1 unspecified atom stereocenters. The maximum absolute atomic E-state index is 12.2. The highest BCUT2D eigenvalue weighted by atomic mass is 35.5. The number of anilines is 1. The van der Waals surface area contributed by atoms with Crippen LogP contribution in [0.1, 0.15) is 17.7 Å². The van der Waals surface area contributed by atoms with Crippen molar-refractivity contribution in [2.75, 3.05) is 5.32 Å². The molecular weight excluding hydrogens is 376 g/mol. The van der Waals surface area contributed by atoms with Gasteiger partial charge in [0.25, 0.3) is 0 Å². The number of furan rings is 1. The molecule has 1 aliphatic rings. The van der Waals surface area contributed by atoms with Crippen LogP contribution in [0.2, 0.25) is 5.02 Å². The molecule has 3 rings (SSSR count). The normalized spacial score (nSPS) is 18.5. The Kier molecular flexibility index (Phi) is 5.75. The van der Waals surface area contributed by atoms with Crippen LogP contribution in [-0.4, -0.2) is 28.4 Å². The summed E-state index contributed by atoms with van der Waals surface area (Å²) >= 11 is 7.20. The van der Waals surface area contributed by atoms with Crippen LogP contribution in [-0.2, 0) is 9.59 Å². The highest BCUT2D eigenvalue weighted by molar-refractivity contribution is 8.15. The van der Waals surface area contributed by atoms with E-state index in [2.05, 4.69) is 20.8 Å². The quantitative estimate of drug-likeness (QED) is 0.605. The highest BCUT2D eigenvalue weighted by Gasteiger charge is 2.32. The lowest BCUT2D eigenvalue weighted by Crippen LogP contribution is -2.28. The number of halogens is 1. The molecule has 0 bridgehead atoms. The standard InChI is InChI=1S/C17H15ClN4O3S/c1-10-4-5-11(7-13(10)18)20-15(23)8-14-16(24)21-17(26-14)22-19-9-12-3-2-6-25-12/h2-7,9,14H,8H2,1H3,(H,20,23)(H,21,22,24)/b19-9+. The Morgan fingerprint density at radius 2 is 2.31 bits per heavy atom. The first-order chi connectivity index (χ1) is 12.5. The van der Waals surface area contributed by atoms with Crippen molar-refractivity contribution in [3.8, 4) is 0 Å². The Bertz CT molecular complexity index is 880. The van der Waals surface area contributed by atoms with Crippen LogP contribution < -0.4 is 10.6 Å². The maximum atomic E-state index is 12.2. The average molecular weight is 391 g/mol. The van der Waals surface area contributed by atoms with Gasteiger partial charge >= 0.3 is 0 Å². The van der Waals surface area contributed by atoms with E-state index in [4.69, 9.17) is 16.0 Å². The number of carbonyl (C=O) groups excluding carboxylic acids is 2. The van der Waals surface area contributed by atoms with E-state index in [1.807, 2.05) is 13.0 Å². The molecule has 1 fully saturated rings. The number of rotatable bonds is 5. The van der Waals surface area contributed by atoms with Crippen LogP contribution in [0.3, 0.4) is 0 Å². The second-order valence-electron chi connectivity index (χ2n) is 5.48. The van der Waals surface area contributed by atoms with Crippen LogP contribution in [0, 0.1) is 6.92 Å². The molecule has 1 aliphatic heterocycles. The number of hydrogen-bond donors (Lipinski definition) is 2. The topological polar surface area (TPSA) is 96.1 Å². The molecule has 2 amide bonds. The Labute approximate surface area is 158 Å². The van der Waals surface area contributed by atoms with Gasteiger partial charge in [0.15, 0.2) is 5.17 Å². The fourth-order valence-electron chi connectivity index (χ4n) is 2.14. The average Bonchev–Trinajstić information content (AvgIpc) is 3.22. The monoisotopic (exact) mass is 390 g/mol. The summed E-state index contributed by atoms with van der Waals surface area (Å²) in [6.07, 6.45) is 2.97. The molecule has 0 radical (unpaired) electrons. The summed E-state index contributed by atoms with van der Waals surface area (Å²) in [5.74, 6) is -0.00620. The van der Waals surface area contributed by atoms with Gasteiger partial charge in [0.1, 0.15) is 11.0 Å². The molecular formula is C17H15ClN4O3S. The molecule has 1 aromatic carbocycles. The lowest BCUT2D eigenvalue weighted by Gasteiger charge is -2.08. The van der Waals surface area contributed by atoms with E-state index in [0.717, 1.165) is 17.3 Å². The van der Waals surface area contributed by atoms with Crippen molar-refractivity contribution in [1.29, 1.82) is 0 Å². The zero-order chi connectivity index (χ0) is 18.5. The van der Waals surface area contributed by atoms with E-state index in [9.17, 15) is 9.59 Å². The fraction of sp³-hybridized carbons (Fsp3) is 0.176. The van der Waals surface area contributed by atoms with Gasteiger partial charge in [-0.3, -0.25) is 9.59 Å². The molecule has 2 aromatic rings. The Balaban J connectivity index is 1.55. The number of hydrogen-bond acceptors (Lipinski definition) is 6. The Morgan fingerprint density at radius 3 is 3.04 bits per heavy atom. The SMILES string of the molecule is Cc1ccc(NC(=O)CC2S/C(=N\N=C\c3ccco3)NC2=O)cc1Cl. The molecule has 1 aromatic heterocycles. The van der Waals surface area contributed by atoms with Gasteiger partial charge < -0.3 is 15.1 Å². The minimum absolute atomic E-state index is 0.0168. The van der Waals surface area contributed by atoms with Gasteiger partial charge in [-0.1, -0.05) is 29.4 Å². The summed E-state index contributed by atoms with van der Waals surface area (Å²) in [4.78, 5) is 24.1. The Morgan fingerprint density at radius 1 is 1.46 bits per heavy atom. The van der Waals surface area contributed by atoms with E-state index < -0.39 is 5.25 Å². The molecule has 1 atom stereocenters. The van der Waals surface area contributed by atoms with Crippen molar-refractivity contribution in [1.82, 2.24) is 5.32 Å². The minimum Gasteiger partial charge on any atom is -0.463 e. The molecule has 0 saturated carbocycles. The molecule has 0 spiro atoms. The van der Waals surface area contributed by atoms with Crippen LogP contribution in [0.15, 0.2) is 51.2 Å². The van der Waals surface area contributed by atoms with Crippen LogP contribution in [0.5, 0.6) is 0 Å². The second kappa shape index (κ2) is 8.20. The summed E-state index contributed by atoms with van der Waals surface area (Å²) in [7, 11) is 0. The van der Waals surface area contributed by atoms with Crippen molar-refractivity contribution in [2.24, 2.45) is 10.2 Å². The van der Waals surface area contributed by atoms with Gasteiger partial charge in [-0.15, -0.1) is 5.10 Å². The van der Waals surface area contributed by atoms with Gasteiger partial charge in [-0.2, -0.15) is 5.10 Å². The first kappa shape index (κ1) is 18.2. The number of amidine groups is 1. The number of amides is 2. The number of thioether (sulfide) groups is 1. The van der Waals surface area contributed by atoms with Gasteiger partial charge in [0.2, 0.25) is 11.8 Å². The van der Waals surface area contributed by atoms with E-state index >= 15 is 0 Å². The molecule has 9 heteroatoms. The number of aryl methyl sites for hydroxylation is 1.